The molecule has 1 N–H and O–H groups in total. The minimum absolute atomic E-state index is 0.0862. The summed E-state index contributed by atoms with van der Waals surface area (Å²) in [5.74, 6) is -0.223. The molecule has 0 radical (unpaired) electrons. The third-order valence-corrected chi connectivity index (χ3v) is 3.56. The van der Waals surface area contributed by atoms with Crippen molar-refractivity contribution < 1.29 is 4.39 Å². The van der Waals surface area contributed by atoms with Gasteiger partial charge in [0.25, 0.3) is 0 Å². The van der Waals surface area contributed by atoms with Crippen molar-refractivity contribution in [2.75, 3.05) is 5.32 Å². The lowest BCUT2D eigenvalue weighted by atomic mass is 10.1. The zero-order valence-electron chi connectivity index (χ0n) is 9.75. The fourth-order valence-electron chi connectivity index (χ4n) is 1.67. The van der Waals surface area contributed by atoms with E-state index in [1.165, 1.54) is 12.1 Å². The second kappa shape index (κ2) is 5.72. The van der Waals surface area contributed by atoms with E-state index in [2.05, 4.69) is 21.2 Å². The highest BCUT2D eigenvalue weighted by Gasteiger charge is 2.07. The van der Waals surface area contributed by atoms with E-state index in [1.54, 1.807) is 12.1 Å². The number of rotatable bonds is 3. The van der Waals surface area contributed by atoms with Crippen LogP contribution in [0.5, 0.6) is 0 Å². The lowest BCUT2D eigenvalue weighted by Crippen LogP contribution is -2.06. The Balaban J connectivity index is 2.15. The standard InChI is InChI=1S/C14H12BrClFN/c1-9(10-2-5-12(17)6-3-10)18-14-7-4-11(16)8-13(14)15/h2-9,18H,1H3. The van der Waals surface area contributed by atoms with Crippen LogP contribution in [0.4, 0.5) is 10.1 Å². The quantitative estimate of drug-likeness (QED) is 0.794. The average molecular weight is 329 g/mol. The van der Waals surface area contributed by atoms with Gasteiger partial charge in [-0.25, -0.2) is 4.39 Å². The minimum Gasteiger partial charge on any atom is -0.378 e. The van der Waals surface area contributed by atoms with Crippen molar-refractivity contribution in [2.45, 2.75) is 13.0 Å². The Bertz CT molecular complexity index is 542. The molecular formula is C14H12BrClFN. The minimum atomic E-state index is -0.223. The van der Waals surface area contributed by atoms with Gasteiger partial charge in [0.1, 0.15) is 5.82 Å². The van der Waals surface area contributed by atoms with E-state index >= 15 is 0 Å². The first-order valence-corrected chi connectivity index (χ1v) is 6.70. The molecule has 1 unspecified atom stereocenters. The zero-order valence-corrected chi connectivity index (χ0v) is 12.1. The van der Waals surface area contributed by atoms with Crippen LogP contribution in [0.2, 0.25) is 5.02 Å². The van der Waals surface area contributed by atoms with Crippen LogP contribution in [0.3, 0.4) is 0 Å². The largest absolute Gasteiger partial charge is 0.378 e. The molecule has 0 saturated heterocycles. The summed E-state index contributed by atoms with van der Waals surface area (Å²) in [6.07, 6.45) is 0. The Labute approximate surface area is 119 Å². The first-order valence-electron chi connectivity index (χ1n) is 5.53. The molecule has 94 valence electrons. The van der Waals surface area contributed by atoms with E-state index in [0.29, 0.717) is 5.02 Å². The first-order chi connectivity index (χ1) is 8.56. The predicted molar refractivity (Wildman–Crippen MR) is 77.6 cm³/mol. The molecule has 4 heteroatoms. The van der Waals surface area contributed by atoms with Crippen molar-refractivity contribution in [3.63, 3.8) is 0 Å². The number of hydrogen-bond acceptors (Lipinski definition) is 1. The molecule has 0 aliphatic heterocycles. The summed E-state index contributed by atoms with van der Waals surface area (Å²) in [7, 11) is 0. The Morgan fingerprint density at radius 2 is 1.83 bits per heavy atom. The molecule has 1 atom stereocenters. The van der Waals surface area contributed by atoms with Crippen molar-refractivity contribution in [2.24, 2.45) is 0 Å². The van der Waals surface area contributed by atoms with Gasteiger partial charge in [0, 0.05) is 21.2 Å². The van der Waals surface area contributed by atoms with Crippen molar-refractivity contribution in [1.82, 2.24) is 0 Å². The van der Waals surface area contributed by atoms with E-state index in [0.717, 1.165) is 15.7 Å². The average Bonchev–Trinajstić information content (AvgIpc) is 2.33. The molecule has 0 heterocycles. The summed E-state index contributed by atoms with van der Waals surface area (Å²) in [5, 5.41) is 4.03. The van der Waals surface area contributed by atoms with E-state index in [4.69, 9.17) is 11.6 Å². The molecule has 18 heavy (non-hydrogen) atoms. The Morgan fingerprint density at radius 1 is 1.17 bits per heavy atom. The molecule has 1 nitrogen and oxygen atoms in total. The van der Waals surface area contributed by atoms with Gasteiger partial charge in [-0.1, -0.05) is 23.7 Å². The molecule has 2 rings (SSSR count). The summed E-state index contributed by atoms with van der Waals surface area (Å²) >= 11 is 9.34. The fourth-order valence-corrected chi connectivity index (χ4v) is 2.47. The highest BCUT2D eigenvalue weighted by atomic mass is 79.9. The second-order valence-electron chi connectivity index (χ2n) is 4.04. The number of nitrogens with one attached hydrogen (secondary N) is 1. The van der Waals surface area contributed by atoms with Crippen LogP contribution in [-0.4, -0.2) is 0 Å². The highest BCUT2D eigenvalue weighted by molar-refractivity contribution is 9.10. The molecule has 0 aliphatic carbocycles. The van der Waals surface area contributed by atoms with Crippen molar-refractivity contribution in [3.05, 3.63) is 63.3 Å². The van der Waals surface area contributed by atoms with Crippen LogP contribution in [0, 0.1) is 5.82 Å². The molecule has 0 aromatic heterocycles. The molecule has 2 aromatic carbocycles. The third kappa shape index (κ3) is 3.24. The third-order valence-electron chi connectivity index (χ3n) is 2.67. The smallest absolute Gasteiger partial charge is 0.123 e. The first kappa shape index (κ1) is 13.4. The molecule has 0 bridgehead atoms. The zero-order chi connectivity index (χ0) is 13.1. The maximum absolute atomic E-state index is 12.8. The lowest BCUT2D eigenvalue weighted by Gasteiger charge is -2.17. The molecule has 0 saturated carbocycles. The predicted octanol–water partition coefficient (Wildman–Crippen LogP) is 5.41. The van der Waals surface area contributed by atoms with Gasteiger partial charge >= 0.3 is 0 Å². The van der Waals surface area contributed by atoms with Crippen molar-refractivity contribution in [3.8, 4) is 0 Å². The van der Waals surface area contributed by atoms with Gasteiger partial charge < -0.3 is 5.32 Å². The van der Waals surface area contributed by atoms with E-state index in [9.17, 15) is 4.39 Å². The van der Waals surface area contributed by atoms with Gasteiger partial charge in [-0.2, -0.15) is 0 Å². The number of anilines is 1. The number of halogens is 3. The molecule has 0 aliphatic rings. The lowest BCUT2D eigenvalue weighted by molar-refractivity contribution is 0.626. The van der Waals surface area contributed by atoms with Gasteiger partial charge in [-0.3, -0.25) is 0 Å². The number of hydrogen-bond donors (Lipinski definition) is 1. The van der Waals surface area contributed by atoms with Crippen LogP contribution in [0.1, 0.15) is 18.5 Å². The molecule has 0 fully saturated rings. The number of benzene rings is 2. The van der Waals surface area contributed by atoms with E-state index in [1.807, 2.05) is 25.1 Å². The Morgan fingerprint density at radius 3 is 2.44 bits per heavy atom. The Hall–Kier alpha value is -1.06. The topological polar surface area (TPSA) is 12.0 Å². The summed E-state index contributed by atoms with van der Waals surface area (Å²) < 4.78 is 13.7. The van der Waals surface area contributed by atoms with Crippen molar-refractivity contribution in [1.29, 1.82) is 0 Å². The maximum atomic E-state index is 12.8. The van der Waals surface area contributed by atoms with E-state index < -0.39 is 0 Å². The summed E-state index contributed by atoms with van der Waals surface area (Å²) in [6.45, 7) is 2.02. The summed E-state index contributed by atoms with van der Waals surface area (Å²) in [6, 6.07) is 12.1. The van der Waals surface area contributed by atoms with Crippen LogP contribution in [0.25, 0.3) is 0 Å². The molecule has 0 amide bonds. The van der Waals surface area contributed by atoms with Gasteiger partial charge in [0.05, 0.1) is 0 Å². The highest BCUT2D eigenvalue weighted by Crippen LogP contribution is 2.29. The van der Waals surface area contributed by atoms with Crippen LogP contribution in [0.15, 0.2) is 46.9 Å². The second-order valence-corrected chi connectivity index (χ2v) is 5.33. The molecule has 0 spiro atoms. The normalized spacial score (nSPS) is 12.2. The van der Waals surface area contributed by atoms with Crippen LogP contribution in [-0.2, 0) is 0 Å². The van der Waals surface area contributed by atoms with Gasteiger partial charge in [0.2, 0.25) is 0 Å². The van der Waals surface area contributed by atoms with Crippen LogP contribution < -0.4 is 5.32 Å². The van der Waals surface area contributed by atoms with Gasteiger partial charge in [-0.05, 0) is 58.7 Å². The molecule has 2 aromatic rings. The fraction of sp³-hybridized carbons (Fsp3) is 0.143. The monoisotopic (exact) mass is 327 g/mol. The van der Waals surface area contributed by atoms with Crippen molar-refractivity contribution >= 4 is 33.2 Å². The van der Waals surface area contributed by atoms with Gasteiger partial charge in [0.15, 0.2) is 0 Å². The SMILES string of the molecule is CC(Nc1ccc(Cl)cc1Br)c1ccc(F)cc1. The summed E-state index contributed by atoms with van der Waals surface area (Å²) in [4.78, 5) is 0. The van der Waals surface area contributed by atoms with E-state index in [-0.39, 0.29) is 11.9 Å². The Kier molecular flexibility index (Phi) is 4.25. The van der Waals surface area contributed by atoms with Crippen LogP contribution >= 0.6 is 27.5 Å². The molecular weight excluding hydrogens is 317 g/mol. The summed E-state index contributed by atoms with van der Waals surface area (Å²) in [5.41, 5.74) is 1.98. The van der Waals surface area contributed by atoms with Gasteiger partial charge in [-0.15, -0.1) is 0 Å². The maximum Gasteiger partial charge on any atom is 0.123 e.